The van der Waals surface area contributed by atoms with Gasteiger partial charge in [-0.2, -0.15) is 0 Å². The van der Waals surface area contributed by atoms with Crippen molar-refractivity contribution in [3.05, 3.63) is 58.1 Å². The van der Waals surface area contributed by atoms with Gasteiger partial charge in [0.25, 0.3) is 0 Å². The predicted molar refractivity (Wildman–Crippen MR) is 110 cm³/mol. The SMILES string of the molecule is CC(C)CC(c1ccccc1Oc1ccc(Cl)cc1Cl)N1CCNCC1. The van der Waals surface area contributed by atoms with Crippen LogP contribution in [0.15, 0.2) is 42.5 Å². The number of nitrogens with zero attached hydrogens (tertiary/aromatic N) is 1. The zero-order valence-electron chi connectivity index (χ0n) is 15.3. The molecule has 1 N–H and O–H groups in total. The Balaban J connectivity index is 1.92. The van der Waals surface area contributed by atoms with Gasteiger partial charge in [-0.1, -0.05) is 55.2 Å². The lowest BCUT2D eigenvalue weighted by molar-refractivity contribution is 0.152. The highest BCUT2D eigenvalue weighted by atomic mass is 35.5. The van der Waals surface area contributed by atoms with Crippen LogP contribution in [0.4, 0.5) is 0 Å². The minimum absolute atomic E-state index is 0.333. The van der Waals surface area contributed by atoms with E-state index in [1.807, 2.05) is 18.2 Å². The number of hydrogen-bond donors (Lipinski definition) is 1. The van der Waals surface area contributed by atoms with Gasteiger partial charge in [0.05, 0.1) is 5.02 Å². The molecular formula is C21H26Cl2N2O. The van der Waals surface area contributed by atoms with Gasteiger partial charge in [0.2, 0.25) is 0 Å². The lowest BCUT2D eigenvalue weighted by Gasteiger charge is -2.36. The molecule has 26 heavy (non-hydrogen) atoms. The number of halogens is 2. The molecule has 1 heterocycles. The van der Waals surface area contributed by atoms with Crippen LogP contribution in [-0.4, -0.2) is 31.1 Å². The number of hydrogen-bond acceptors (Lipinski definition) is 3. The van der Waals surface area contributed by atoms with E-state index in [2.05, 4.69) is 36.2 Å². The summed E-state index contributed by atoms with van der Waals surface area (Å²) in [6.07, 6.45) is 1.09. The van der Waals surface area contributed by atoms with E-state index < -0.39 is 0 Å². The average Bonchev–Trinajstić information content (AvgIpc) is 2.63. The summed E-state index contributed by atoms with van der Waals surface area (Å²) in [7, 11) is 0. The number of ether oxygens (including phenoxy) is 1. The van der Waals surface area contributed by atoms with Crippen LogP contribution in [0.5, 0.6) is 11.5 Å². The van der Waals surface area contributed by atoms with Gasteiger partial charge in [0.15, 0.2) is 0 Å². The second-order valence-electron chi connectivity index (χ2n) is 7.15. The topological polar surface area (TPSA) is 24.5 Å². The van der Waals surface area contributed by atoms with Crippen molar-refractivity contribution in [1.29, 1.82) is 0 Å². The Kier molecular flexibility index (Phi) is 6.82. The third-order valence-electron chi connectivity index (χ3n) is 4.68. The zero-order valence-corrected chi connectivity index (χ0v) is 16.9. The van der Waals surface area contributed by atoms with Crippen molar-refractivity contribution in [3.8, 4) is 11.5 Å². The average molecular weight is 393 g/mol. The quantitative estimate of drug-likeness (QED) is 0.674. The Bertz CT molecular complexity index is 730. The molecule has 0 aliphatic carbocycles. The van der Waals surface area contributed by atoms with Crippen molar-refractivity contribution in [2.45, 2.75) is 26.3 Å². The van der Waals surface area contributed by atoms with E-state index in [9.17, 15) is 0 Å². The molecule has 1 atom stereocenters. The molecule has 2 aromatic carbocycles. The molecule has 5 heteroatoms. The Morgan fingerprint density at radius 2 is 1.77 bits per heavy atom. The first-order chi connectivity index (χ1) is 12.5. The van der Waals surface area contributed by atoms with E-state index in [1.165, 1.54) is 5.56 Å². The number of rotatable bonds is 6. The number of nitrogens with one attached hydrogen (secondary N) is 1. The minimum atomic E-state index is 0.333. The summed E-state index contributed by atoms with van der Waals surface area (Å²) in [5.41, 5.74) is 1.22. The van der Waals surface area contributed by atoms with Gasteiger partial charge in [-0.15, -0.1) is 0 Å². The first-order valence-corrected chi connectivity index (χ1v) is 9.97. The van der Waals surface area contributed by atoms with Crippen molar-refractivity contribution in [1.82, 2.24) is 10.2 Å². The molecule has 140 valence electrons. The van der Waals surface area contributed by atoms with Crippen LogP contribution in [0.2, 0.25) is 10.0 Å². The van der Waals surface area contributed by atoms with E-state index in [4.69, 9.17) is 27.9 Å². The maximum absolute atomic E-state index is 6.32. The lowest BCUT2D eigenvalue weighted by Crippen LogP contribution is -2.45. The Labute approximate surface area is 166 Å². The van der Waals surface area contributed by atoms with E-state index in [1.54, 1.807) is 12.1 Å². The predicted octanol–water partition coefficient (Wildman–Crippen LogP) is 5.78. The van der Waals surface area contributed by atoms with Gasteiger partial charge in [-0.25, -0.2) is 0 Å². The molecule has 3 nitrogen and oxygen atoms in total. The minimum Gasteiger partial charge on any atom is -0.455 e. The third-order valence-corrected chi connectivity index (χ3v) is 5.21. The Morgan fingerprint density at radius 1 is 1.04 bits per heavy atom. The number of piperazine rings is 1. The molecule has 0 amide bonds. The molecule has 0 bridgehead atoms. The normalized spacial score (nSPS) is 16.7. The third kappa shape index (κ3) is 4.92. The van der Waals surface area contributed by atoms with Crippen LogP contribution in [-0.2, 0) is 0 Å². The highest BCUT2D eigenvalue weighted by Crippen LogP contribution is 2.38. The van der Waals surface area contributed by atoms with E-state index in [0.29, 0.717) is 27.8 Å². The molecule has 0 radical (unpaired) electrons. The molecule has 1 unspecified atom stereocenters. The number of para-hydroxylation sites is 1. The summed E-state index contributed by atoms with van der Waals surface area (Å²) in [6.45, 7) is 8.70. The van der Waals surface area contributed by atoms with Crippen LogP contribution in [0.25, 0.3) is 0 Å². The molecule has 0 aromatic heterocycles. The van der Waals surface area contributed by atoms with Gasteiger partial charge >= 0.3 is 0 Å². The second kappa shape index (κ2) is 9.09. The lowest BCUT2D eigenvalue weighted by atomic mass is 9.94. The Hall–Kier alpha value is -1.26. The van der Waals surface area contributed by atoms with Crippen LogP contribution in [0.1, 0.15) is 31.9 Å². The molecule has 2 aromatic rings. The monoisotopic (exact) mass is 392 g/mol. The summed E-state index contributed by atoms with van der Waals surface area (Å²) < 4.78 is 6.22. The van der Waals surface area contributed by atoms with Crippen LogP contribution in [0, 0.1) is 5.92 Å². The van der Waals surface area contributed by atoms with Crippen molar-refractivity contribution in [2.75, 3.05) is 26.2 Å². The van der Waals surface area contributed by atoms with Crippen molar-refractivity contribution >= 4 is 23.2 Å². The molecule has 1 aliphatic heterocycles. The molecule has 1 aliphatic rings. The molecule has 0 spiro atoms. The van der Waals surface area contributed by atoms with E-state index in [0.717, 1.165) is 38.3 Å². The van der Waals surface area contributed by atoms with Crippen LogP contribution >= 0.6 is 23.2 Å². The summed E-state index contributed by atoms with van der Waals surface area (Å²) in [6, 6.07) is 14.0. The van der Waals surface area contributed by atoms with Gasteiger partial charge in [0.1, 0.15) is 11.5 Å². The van der Waals surface area contributed by atoms with Crippen LogP contribution < -0.4 is 10.1 Å². The highest BCUT2D eigenvalue weighted by Gasteiger charge is 2.26. The smallest absolute Gasteiger partial charge is 0.146 e. The zero-order chi connectivity index (χ0) is 18.5. The van der Waals surface area contributed by atoms with E-state index >= 15 is 0 Å². The standard InChI is InChI=1S/C21H26Cl2N2O/c1-15(2)13-19(25-11-9-24-10-12-25)17-5-3-4-6-20(17)26-21-8-7-16(22)14-18(21)23/h3-8,14-15,19,24H,9-13H2,1-2H3. The summed E-state index contributed by atoms with van der Waals surface area (Å²) >= 11 is 12.3. The molecule has 1 saturated heterocycles. The summed E-state index contributed by atoms with van der Waals surface area (Å²) in [4.78, 5) is 2.56. The largest absolute Gasteiger partial charge is 0.455 e. The molecule has 1 fully saturated rings. The Morgan fingerprint density at radius 3 is 2.46 bits per heavy atom. The molecular weight excluding hydrogens is 367 g/mol. The first-order valence-electron chi connectivity index (χ1n) is 9.21. The first kappa shape index (κ1) is 19.5. The second-order valence-corrected chi connectivity index (χ2v) is 7.99. The van der Waals surface area contributed by atoms with Crippen molar-refractivity contribution in [3.63, 3.8) is 0 Å². The number of benzene rings is 2. The van der Waals surface area contributed by atoms with Gasteiger partial charge in [-0.05, 0) is 36.6 Å². The molecule has 0 saturated carbocycles. The van der Waals surface area contributed by atoms with E-state index in [-0.39, 0.29) is 0 Å². The highest BCUT2D eigenvalue weighted by molar-refractivity contribution is 6.35. The van der Waals surface area contributed by atoms with Gasteiger partial charge in [-0.3, -0.25) is 4.90 Å². The maximum atomic E-state index is 6.32. The summed E-state index contributed by atoms with van der Waals surface area (Å²) in [5, 5.41) is 4.57. The fraction of sp³-hybridized carbons (Fsp3) is 0.429. The van der Waals surface area contributed by atoms with Crippen LogP contribution in [0.3, 0.4) is 0 Å². The maximum Gasteiger partial charge on any atom is 0.146 e. The molecule has 3 rings (SSSR count). The van der Waals surface area contributed by atoms with Gasteiger partial charge < -0.3 is 10.1 Å². The summed E-state index contributed by atoms with van der Waals surface area (Å²) in [5.74, 6) is 2.09. The van der Waals surface area contributed by atoms with Gasteiger partial charge in [0, 0.05) is 42.8 Å². The fourth-order valence-electron chi connectivity index (χ4n) is 3.44. The van der Waals surface area contributed by atoms with Crippen molar-refractivity contribution < 1.29 is 4.74 Å². The fourth-order valence-corrected chi connectivity index (χ4v) is 3.89. The van der Waals surface area contributed by atoms with Crippen molar-refractivity contribution in [2.24, 2.45) is 5.92 Å².